The van der Waals surface area contributed by atoms with Gasteiger partial charge in [-0.1, -0.05) is 35.9 Å². The summed E-state index contributed by atoms with van der Waals surface area (Å²) in [6.45, 7) is 0.624. The van der Waals surface area contributed by atoms with E-state index in [-0.39, 0.29) is 5.91 Å². The van der Waals surface area contributed by atoms with Crippen LogP contribution in [0.15, 0.2) is 60.8 Å². The van der Waals surface area contributed by atoms with Crippen molar-refractivity contribution in [2.45, 2.75) is 13.0 Å². The molecule has 0 saturated heterocycles. The second kappa shape index (κ2) is 8.06. The summed E-state index contributed by atoms with van der Waals surface area (Å²) in [6, 6.07) is 17.4. The molecule has 3 aromatic rings. The van der Waals surface area contributed by atoms with Gasteiger partial charge in [-0.2, -0.15) is 5.10 Å². The van der Waals surface area contributed by atoms with Gasteiger partial charge in [0.1, 0.15) is 0 Å². The highest BCUT2D eigenvalue weighted by Gasteiger charge is 2.07. The van der Waals surface area contributed by atoms with E-state index in [0.717, 1.165) is 16.8 Å². The zero-order valence-electron chi connectivity index (χ0n) is 14.8. The van der Waals surface area contributed by atoms with E-state index < -0.39 is 0 Å². The number of hydrogen-bond donors (Lipinski definition) is 1. The Bertz CT molecular complexity index is 870. The van der Waals surface area contributed by atoms with Gasteiger partial charge < -0.3 is 10.2 Å². The van der Waals surface area contributed by atoms with Crippen molar-refractivity contribution in [2.24, 2.45) is 0 Å². The largest absolute Gasteiger partial charge is 0.378 e. The number of benzene rings is 2. The van der Waals surface area contributed by atoms with E-state index in [1.807, 2.05) is 73.7 Å². The first-order valence-electron chi connectivity index (χ1n) is 8.33. The lowest BCUT2D eigenvalue weighted by molar-refractivity contribution is -0.115. The van der Waals surface area contributed by atoms with Gasteiger partial charge in [0.05, 0.1) is 13.0 Å². The molecule has 3 rings (SSSR count). The molecule has 1 aromatic heterocycles. The van der Waals surface area contributed by atoms with Crippen LogP contribution in [0.4, 0.5) is 11.5 Å². The number of hydrogen-bond acceptors (Lipinski definition) is 3. The number of rotatable bonds is 6. The predicted octanol–water partition coefficient (Wildman–Crippen LogP) is 3.83. The van der Waals surface area contributed by atoms with Gasteiger partial charge in [0.15, 0.2) is 5.82 Å². The van der Waals surface area contributed by atoms with Crippen molar-refractivity contribution < 1.29 is 4.79 Å². The van der Waals surface area contributed by atoms with Gasteiger partial charge >= 0.3 is 0 Å². The summed E-state index contributed by atoms with van der Waals surface area (Å²) in [4.78, 5) is 14.2. The van der Waals surface area contributed by atoms with Crippen LogP contribution < -0.4 is 10.2 Å². The van der Waals surface area contributed by atoms with Crippen molar-refractivity contribution in [1.82, 2.24) is 9.78 Å². The van der Waals surface area contributed by atoms with Crippen LogP contribution in [0.1, 0.15) is 11.1 Å². The number of carbonyl (C=O) groups is 1. The first-order valence-corrected chi connectivity index (χ1v) is 8.71. The van der Waals surface area contributed by atoms with Crippen LogP contribution in [0.3, 0.4) is 0 Å². The number of halogens is 1. The highest BCUT2D eigenvalue weighted by Crippen LogP contribution is 2.14. The molecule has 1 N–H and O–H groups in total. The first kappa shape index (κ1) is 18.0. The molecule has 0 saturated carbocycles. The fraction of sp³-hybridized carbons (Fsp3) is 0.200. The van der Waals surface area contributed by atoms with Crippen molar-refractivity contribution in [3.05, 3.63) is 76.9 Å². The van der Waals surface area contributed by atoms with E-state index in [4.69, 9.17) is 11.6 Å². The molecule has 0 atom stereocenters. The van der Waals surface area contributed by atoms with Gasteiger partial charge in [0, 0.05) is 37.1 Å². The minimum Gasteiger partial charge on any atom is -0.378 e. The number of aromatic nitrogens is 2. The van der Waals surface area contributed by atoms with E-state index >= 15 is 0 Å². The molecular formula is C20H21ClN4O. The van der Waals surface area contributed by atoms with Crippen LogP contribution in [0.5, 0.6) is 0 Å². The van der Waals surface area contributed by atoms with E-state index in [2.05, 4.69) is 10.4 Å². The molecule has 0 fully saturated rings. The summed E-state index contributed by atoms with van der Waals surface area (Å²) in [6.07, 6.45) is 2.16. The Kier molecular flexibility index (Phi) is 5.58. The van der Waals surface area contributed by atoms with Crippen LogP contribution in [0.2, 0.25) is 5.02 Å². The lowest BCUT2D eigenvalue weighted by Crippen LogP contribution is -2.15. The normalized spacial score (nSPS) is 10.6. The lowest BCUT2D eigenvalue weighted by Gasteiger charge is -2.12. The highest BCUT2D eigenvalue weighted by atomic mass is 35.5. The first-order chi connectivity index (χ1) is 12.5. The molecule has 0 aliphatic rings. The van der Waals surface area contributed by atoms with E-state index in [9.17, 15) is 4.79 Å². The van der Waals surface area contributed by atoms with Gasteiger partial charge in [0.2, 0.25) is 5.91 Å². The summed E-state index contributed by atoms with van der Waals surface area (Å²) < 4.78 is 1.78. The maximum atomic E-state index is 12.2. The van der Waals surface area contributed by atoms with Crippen molar-refractivity contribution in [3.8, 4) is 0 Å². The Labute approximate surface area is 158 Å². The van der Waals surface area contributed by atoms with Gasteiger partial charge in [0.25, 0.3) is 0 Å². The molecule has 6 heteroatoms. The summed E-state index contributed by atoms with van der Waals surface area (Å²) in [5, 5.41) is 7.94. The van der Waals surface area contributed by atoms with E-state index in [1.54, 1.807) is 10.7 Å². The van der Waals surface area contributed by atoms with Crippen molar-refractivity contribution in [1.29, 1.82) is 0 Å². The Morgan fingerprint density at radius 3 is 2.35 bits per heavy atom. The molecule has 1 amide bonds. The maximum absolute atomic E-state index is 12.2. The average molecular weight is 369 g/mol. The quantitative estimate of drug-likeness (QED) is 0.719. The molecule has 2 aromatic carbocycles. The van der Waals surface area contributed by atoms with Gasteiger partial charge in [-0.3, -0.25) is 9.48 Å². The minimum atomic E-state index is -0.0839. The third-order valence-corrected chi connectivity index (χ3v) is 4.24. The Balaban J connectivity index is 1.56. The fourth-order valence-corrected chi connectivity index (χ4v) is 2.70. The van der Waals surface area contributed by atoms with Gasteiger partial charge in [-0.05, 0) is 35.4 Å². The molecule has 1 heterocycles. The number of anilines is 2. The molecule has 5 nitrogen and oxygen atoms in total. The number of nitrogens with one attached hydrogen (secondary N) is 1. The third kappa shape index (κ3) is 4.86. The van der Waals surface area contributed by atoms with Crippen LogP contribution in [-0.2, 0) is 17.8 Å². The Morgan fingerprint density at radius 2 is 1.69 bits per heavy atom. The van der Waals surface area contributed by atoms with Crippen LogP contribution in [0.25, 0.3) is 0 Å². The molecule has 0 aliphatic carbocycles. The van der Waals surface area contributed by atoms with Crippen LogP contribution >= 0.6 is 11.6 Å². The van der Waals surface area contributed by atoms with Crippen molar-refractivity contribution >= 4 is 29.0 Å². The molecule has 0 radical (unpaired) electrons. The van der Waals surface area contributed by atoms with Crippen molar-refractivity contribution in [2.75, 3.05) is 24.3 Å². The predicted molar refractivity (Wildman–Crippen MR) is 106 cm³/mol. The molecule has 0 spiro atoms. The van der Waals surface area contributed by atoms with E-state index in [0.29, 0.717) is 23.8 Å². The molecule has 0 unspecified atom stereocenters. The molecule has 0 bridgehead atoms. The SMILES string of the molecule is CN(C)c1ccc(CC(=O)Nc2ccn(Cc3ccc(Cl)cc3)n2)cc1. The topological polar surface area (TPSA) is 50.2 Å². The second-order valence-electron chi connectivity index (χ2n) is 6.31. The standard InChI is InChI=1S/C20H21ClN4O/c1-24(2)18-9-5-15(6-10-18)13-20(26)22-19-11-12-25(23-19)14-16-3-7-17(21)8-4-16/h3-12H,13-14H2,1-2H3,(H,22,23,26). The second-order valence-corrected chi connectivity index (χ2v) is 6.75. The van der Waals surface area contributed by atoms with Crippen LogP contribution in [0, 0.1) is 0 Å². The monoisotopic (exact) mass is 368 g/mol. The zero-order chi connectivity index (χ0) is 18.5. The average Bonchev–Trinajstić information content (AvgIpc) is 3.04. The number of amides is 1. The molecule has 134 valence electrons. The molecule has 0 aliphatic heterocycles. The fourth-order valence-electron chi connectivity index (χ4n) is 2.58. The summed E-state index contributed by atoms with van der Waals surface area (Å²) in [7, 11) is 3.98. The van der Waals surface area contributed by atoms with Crippen LogP contribution in [-0.4, -0.2) is 29.8 Å². The zero-order valence-corrected chi connectivity index (χ0v) is 15.6. The minimum absolute atomic E-state index is 0.0839. The summed E-state index contributed by atoms with van der Waals surface area (Å²) in [5.74, 6) is 0.466. The summed E-state index contributed by atoms with van der Waals surface area (Å²) in [5.41, 5.74) is 3.17. The number of carbonyl (C=O) groups excluding carboxylic acids is 1. The third-order valence-electron chi connectivity index (χ3n) is 3.98. The van der Waals surface area contributed by atoms with Gasteiger partial charge in [-0.15, -0.1) is 0 Å². The summed E-state index contributed by atoms with van der Waals surface area (Å²) >= 11 is 5.89. The van der Waals surface area contributed by atoms with E-state index in [1.165, 1.54) is 0 Å². The van der Waals surface area contributed by atoms with Gasteiger partial charge in [-0.25, -0.2) is 0 Å². The Morgan fingerprint density at radius 1 is 1.04 bits per heavy atom. The smallest absolute Gasteiger partial charge is 0.229 e. The van der Waals surface area contributed by atoms with Crippen molar-refractivity contribution in [3.63, 3.8) is 0 Å². The molecular weight excluding hydrogens is 348 g/mol. The Hall–Kier alpha value is -2.79. The highest BCUT2D eigenvalue weighted by molar-refractivity contribution is 6.30. The maximum Gasteiger partial charge on any atom is 0.229 e. The number of nitrogens with zero attached hydrogens (tertiary/aromatic N) is 3. The molecule has 26 heavy (non-hydrogen) atoms. The lowest BCUT2D eigenvalue weighted by atomic mass is 10.1.